The van der Waals surface area contributed by atoms with Crippen LogP contribution in [0.2, 0.25) is 0 Å². The minimum absolute atomic E-state index is 0.558. The lowest BCUT2D eigenvalue weighted by Crippen LogP contribution is -2.43. The Hall–Kier alpha value is -2.77. The number of benzene rings is 2. The molecular formula is C22H26N2O4S. The number of hydrogen-bond donors (Lipinski definition) is 3. The molecule has 29 heavy (non-hydrogen) atoms. The third-order valence-electron chi connectivity index (χ3n) is 4.24. The van der Waals surface area contributed by atoms with E-state index in [-0.39, 0.29) is 0 Å². The van der Waals surface area contributed by atoms with Gasteiger partial charge in [0.05, 0.1) is 5.69 Å². The minimum Gasteiger partial charge on any atom is -0.478 e. The molecule has 0 unspecified atom stereocenters. The van der Waals surface area contributed by atoms with Crippen molar-refractivity contribution in [2.24, 2.45) is 0 Å². The van der Waals surface area contributed by atoms with Crippen molar-refractivity contribution in [2.75, 3.05) is 31.1 Å². The zero-order chi connectivity index (χ0) is 21.2. The number of piperazine rings is 1. The minimum atomic E-state index is -1.26. The summed E-state index contributed by atoms with van der Waals surface area (Å²) < 4.78 is 0. The Morgan fingerprint density at radius 3 is 2.17 bits per heavy atom. The highest BCUT2D eigenvalue weighted by Gasteiger charge is 2.14. The van der Waals surface area contributed by atoms with Gasteiger partial charge in [-0.3, -0.25) is 0 Å². The molecule has 1 aliphatic rings. The number of carboxylic acids is 2. The van der Waals surface area contributed by atoms with E-state index in [1.807, 2.05) is 11.8 Å². The van der Waals surface area contributed by atoms with Crippen LogP contribution in [0.4, 0.5) is 5.69 Å². The molecule has 2 aromatic carbocycles. The monoisotopic (exact) mass is 414 g/mol. The molecule has 3 N–H and O–H groups in total. The number of carboxylic acid groups (broad SMARTS) is 2. The van der Waals surface area contributed by atoms with Gasteiger partial charge in [0.25, 0.3) is 0 Å². The SMILES string of the molecule is Cc1ccc(Sc2ccccc2N2CCNCC2)c(C)c1.O=C(O)/C=C\C(=O)O. The van der Waals surface area contributed by atoms with Gasteiger partial charge in [-0.15, -0.1) is 0 Å². The third-order valence-corrected chi connectivity index (χ3v) is 5.48. The third kappa shape index (κ3) is 7.63. The zero-order valence-corrected chi connectivity index (χ0v) is 17.4. The second kappa shape index (κ2) is 11.3. The van der Waals surface area contributed by atoms with Crippen LogP contribution in [0.15, 0.2) is 64.4 Å². The number of anilines is 1. The predicted octanol–water partition coefficient (Wildman–Crippen LogP) is 3.58. The van der Waals surface area contributed by atoms with E-state index in [2.05, 4.69) is 66.5 Å². The number of nitrogens with one attached hydrogen (secondary N) is 1. The molecule has 6 nitrogen and oxygen atoms in total. The molecule has 0 aliphatic carbocycles. The molecule has 154 valence electrons. The molecule has 1 fully saturated rings. The van der Waals surface area contributed by atoms with E-state index in [1.165, 1.54) is 26.6 Å². The molecule has 0 amide bonds. The van der Waals surface area contributed by atoms with E-state index in [4.69, 9.17) is 10.2 Å². The topological polar surface area (TPSA) is 89.9 Å². The second-order valence-corrected chi connectivity index (χ2v) is 7.67. The molecule has 0 radical (unpaired) electrons. The number of nitrogens with zero attached hydrogens (tertiary/aromatic N) is 1. The van der Waals surface area contributed by atoms with Crippen molar-refractivity contribution in [2.45, 2.75) is 23.6 Å². The summed E-state index contributed by atoms with van der Waals surface area (Å²) in [5.41, 5.74) is 4.05. The lowest BCUT2D eigenvalue weighted by Gasteiger charge is -2.31. The fraction of sp³-hybridized carbons (Fsp3) is 0.273. The largest absolute Gasteiger partial charge is 0.478 e. The van der Waals surface area contributed by atoms with Crippen LogP contribution in [-0.2, 0) is 9.59 Å². The summed E-state index contributed by atoms with van der Waals surface area (Å²) in [6, 6.07) is 15.5. The van der Waals surface area contributed by atoms with Gasteiger partial charge < -0.3 is 20.4 Å². The second-order valence-electron chi connectivity index (χ2n) is 6.59. The molecule has 0 atom stereocenters. The Labute approximate surface area is 175 Å². The summed E-state index contributed by atoms with van der Waals surface area (Å²) in [7, 11) is 0. The Bertz CT molecular complexity index is 861. The van der Waals surface area contributed by atoms with E-state index < -0.39 is 11.9 Å². The quantitative estimate of drug-likeness (QED) is 0.644. The number of rotatable bonds is 5. The van der Waals surface area contributed by atoms with Gasteiger partial charge in [0, 0.05) is 48.1 Å². The van der Waals surface area contributed by atoms with Gasteiger partial charge in [0.1, 0.15) is 0 Å². The fourth-order valence-electron chi connectivity index (χ4n) is 2.89. The van der Waals surface area contributed by atoms with E-state index >= 15 is 0 Å². The zero-order valence-electron chi connectivity index (χ0n) is 16.6. The highest BCUT2D eigenvalue weighted by Crippen LogP contribution is 2.37. The van der Waals surface area contributed by atoms with Crippen molar-refractivity contribution in [3.63, 3.8) is 0 Å². The van der Waals surface area contributed by atoms with E-state index in [9.17, 15) is 9.59 Å². The maximum absolute atomic E-state index is 9.55. The van der Waals surface area contributed by atoms with Crippen molar-refractivity contribution in [3.8, 4) is 0 Å². The molecule has 0 saturated carbocycles. The van der Waals surface area contributed by atoms with Gasteiger partial charge >= 0.3 is 11.9 Å². The van der Waals surface area contributed by atoms with Gasteiger partial charge in [0.2, 0.25) is 0 Å². The molecule has 0 bridgehead atoms. The van der Waals surface area contributed by atoms with Gasteiger partial charge in [-0.1, -0.05) is 41.6 Å². The average Bonchev–Trinajstić information content (AvgIpc) is 2.70. The summed E-state index contributed by atoms with van der Waals surface area (Å²) in [4.78, 5) is 24.3. The van der Waals surface area contributed by atoms with Crippen molar-refractivity contribution in [1.82, 2.24) is 5.32 Å². The van der Waals surface area contributed by atoms with Crippen molar-refractivity contribution in [1.29, 1.82) is 0 Å². The smallest absolute Gasteiger partial charge is 0.328 e. The molecule has 1 aliphatic heterocycles. The van der Waals surface area contributed by atoms with Crippen LogP contribution in [0.25, 0.3) is 0 Å². The van der Waals surface area contributed by atoms with Crippen LogP contribution >= 0.6 is 11.8 Å². The predicted molar refractivity (Wildman–Crippen MR) is 116 cm³/mol. The van der Waals surface area contributed by atoms with Crippen molar-refractivity contribution >= 4 is 29.4 Å². The van der Waals surface area contributed by atoms with Crippen LogP contribution in [0.3, 0.4) is 0 Å². The van der Waals surface area contributed by atoms with E-state index in [1.54, 1.807) is 0 Å². The van der Waals surface area contributed by atoms with Crippen LogP contribution in [-0.4, -0.2) is 48.3 Å². The van der Waals surface area contributed by atoms with Gasteiger partial charge in [-0.05, 0) is 37.6 Å². The van der Waals surface area contributed by atoms with Crippen molar-refractivity contribution in [3.05, 3.63) is 65.7 Å². The number of hydrogen-bond acceptors (Lipinski definition) is 5. The molecular weight excluding hydrogens is 388 g/mol. The first-order valence-corrected chi connectivity index (χ1v) is 10.1. The summed E-state index contributed by atoms with van der Waals surface area (Å²) in [5, 5.41) is 19.0. The van der Waals surface area contributed by atoms with Gasteiger partial charge in [-0.2, -0.15) is 0 Å². The number of para-hydroxylation sites is 1. The standard InChI is InChI=1S/C18H22N2S.C4H4O4/c1-14-7-8-17(15(2)13-14)21-18-6-4-3-5-16(18)20-11-9-19-10-12-20;5-3(6)1-2-4(7)8/h3-8,13,19H,9-12H2,1-2H3;1-2H,(H,5,6)(H,7,8)/b;2-1-. The van der Waals surface area contributed by atoms with Crippen molar-refractivity contribution < 1.29 is 19.8 Å². The lowest BCUT2D eigenvalue weighted by molar-refractivity contribution is -0.134. The maximum atomic E-state index is 9.55. The molecule has 0 spiro atoms. The van der Waals surface area contributed by atoms with Gasteiger partial charge in [0.15, 0.2) is 0 Å². The van der Waals surface area contributed by atoms with Crippen LogP contribution in [0, 0.1) is 13.8 Å². The van der Waals surface area contributed by atoms with E-state index in [0.29, 0.717) is 12.2 Å². The molecule has 1 saturated heterocycles. The van der Waals surface area contributed by atoms with Crippen LogP contribution in [0.5, 0.6) is 0 Å². The summed E-state index contributed by atoms with van der Waals surface area (Å²) in [6.07, 6.45) is 1.12. The van der Waals surface area contributed by atoms with Gasteiger partial charge in [-0.25, -0.2) is 9.59 Å². The highest BCUT2D eigenvalue weighted by atomic mass is 32.2. The normalized spacial score (nSPS) is 13.7. The fourth-order valence-corrected chi connectivity index (χ4v) is 3.93. The summed E-state index contributed by atoms with van der Waals surface area (Å²) in [6.45, 7) is 8.67. The number of aryl methyl sites for hydroxylation is 2. The first-order chi connectivity index (χ1) is 13.9. The lowest BCUT2D eigenvalue weighted by atomic mass is 10.2. The molecule has 1 heterocycles. The number of carbonyl (C=O) groups is 2. The van der Waals surface area contributed by atoms with E-state index in [0.717, 1.165) is 26.2 Å². The molecule has 0 aromatic heterocycles. The van der Waals surface area contributed by atoms with Crippen LogP contribution in [0.1, 0.15) is 11.1 Å². The Morgan fingerprint density at radius 2 is 1.59 bits per heavy atom. The molecule has 3 rings (SSSR count). The molecule has 7 heteroatoms. The summed E-state index contributed by atoms with van der Waals surface area (Å²) in [5.74, 6) is -2.51. The first kappa shape index (κ1) is 22.5. The van der Waals surface area contributed by atoms with Crippen LogP contribution < -0.4 is 10.2 Å². The highest BCUT2D eigenvalue weighted by molar-refractivity contribution is 7.99. The average molecular weight is 415 g/mol. The Balaban J connectivity index is 0.000000321. The summed E-state index contributed by atoms with van der Waals surface area (Å²) >= 11 is 1.88. The maximum Gasteiger partial charge on any atom is 0.328 e. The number of aliphatic carboxylic acids is 2. The first-order valence-electron chi connectivity index (χ1n) is 9.30. The molecule has 2 aromatic rings. The Kier molecular flexibility index (Phi) is 8.76. The Morgan fingerprint density at radius 1 is 0.966 bits per heavy atom.